The predicted octanol–water partition coefficient (Wildman–Crippen LogP) is -0.357. The van der Waals surface area contributed by atoms with Crippen molar-refractivity contribution in [1.82, 2.24) is 53.9 Å². The molecule has 9 atom stereocenters. The second-order valence-electron chi connectivity index (χ2n) is 17.8. The molecule has 0 aliphatic heterocycles. The maximum absolute atomic E-state index is 13.7. The van der Waals surface area contributed by atoms with Gasteiger partial charge in [-0.3, -0.25) is 47.9 Å². The first-order valence-corrected chi connectivity index (χ1v) is 22.3. The Morgan fingerprint density at radius 2 is 0.597 bits per heavy atom. The first kappa shape index (κ1) is 61.0. The number of carbonyl (C=O) groups is 10. The first-order valence-electron chi connectivity index (χ1n) is 22.3. The molecule has 0 radical (unpaired) electrons. The molecule has 22 heteroatoms. The summed E-state index contributed by atoms with van der Waals surface area (Å²) in [5.74, 6) is -5.71. The molecular formula is C45H81N11O11. The van der Waals surface area contributed by atoms with Crippen LogP contribution in [-0.4, -0.2) is 257 Å². The monoisotopic (exact) mass is 952 g/mol. The fourth-order valence-corrected chi connectivity index (χ4v) is 6.74. The number of hydrogen-bond donors (Lipinski definition) is 1. The van der Waals surface area contributed by atoms with Gasteiger partial charge in [-0.25, -0.2) is 0 Å². The summed E-state index contributed by atoms with van der Waals surface area (Å²) in [7, 11) is 15.9. The van der Waals surface area contributed by atoms with Gasteiger partial charge in [-0.05, 0) is 62.3 Å². The summed E-state index contributed by atoms with van der Waals surface area (Å²) in [6, 6.07) is -8.32. The van der Waals surface area contributed by atoms with Gasteiger partial charge in [-0.15, -0.1) is 0 Å². The topological polar surface area (TPSA) is 227 Å². The van der Waals surface area contributed by atoms with Crippen LogP contribution in [0, 0.1) is 5.92 Å². The third kappa shape index (κ3) is 15.0. The summed E-state index contributed by atoms with van der Waals surface area (Å²) < 4.78 is 0. The first-order chi connectivity index (χ1) is 30.6. The van der Waals surface area contributed by atoms with Crippen LogP contribution in [0.5, 0.6) is 0 Å². The predicted molar refractivity (Wildman–Crippen MR) is 252 cm³/mol. The van der Waals surface area contributed by atoms with Crippen molar-refractivity contribution < 1.29 is 53.1 Å². The smallest absolute Gasteiger partial charge is 0.248 e. The molecule has 0 heterocycles. The molecule has 0 saturated heterocycles. The number of carbonyl (C=O) groups excluding carboxylic acids is 10. The second kappa shape index (κ2) is 25.8. The zero-order chi connectivity index (χ0) is 53.0. The number of likely N-dealkylation sites (N-methyl/N-ethyl adjacent to an activating group) is 9. The molecule has 0 spiro atoms. The largest absolute Gasteiger partial charge is 0.494 e. The average molecular weight is 952 g/mol. The van der Waals surface area contributed by atoms with Crippen LogP contribution in [0.15, 0.2) is 12.1 Å². The molecule has 0 aliphatic carbocycles. The molecule has 0 rings (SSSR count). The van der Waals surface area contributed by atoms with Crippen molar-refractivity contribution in [3.63, 3.8) is 0 Å². The number of amides is 10. The lowest BCUT2D eigenvalue weighted by Gasteiger charge is -2.37. The summed E-state index contributed by atoms with van der Waals surface area (Å²) in [6.07, 6.45) is 1.19. The minimum absolute atomic E-state index is 0.0994. The maximum atomic E-state index is 13.7. The Balaban J connectivity index is 5.75. The van der Waals surface area contributed by atoms with Crippen molar-refractivity contribution in [2.24, 2.45) is 5.92 Å². The molecule has 0 aromatic carbocycles. The van der Waals surface area contributed by atoms with E-state index in [0.717, 1.165) is 24.5 Å². The van der Waals surface area contributed by atoms with Gasteiger partial charge < -0.3 is 59.0 Å². The molecular weight excluding hydrogens is 871 g/mol. The molecule has 0 aromatic rings. The number of rotatable bonds is 22. The number of nitrogens with zero attached hydrogens (tertiary/aromatic N) is 11. The van der Waals surface area contributed by atoms with Gasteiger partial charge >= 0.3 is 0 Å². The summed E-state index contributed by atoms with van der Waals surface area (Å²) in [4.78, 5) is 146. The molecule has 1 unspecified atom stereocenters. The van der Waals surface area contributed by atoms with Crippen molar-refractivity contribution in [1.29, 1.82) is 0 Å². The van der Waals surface area contributed by atoms with Crippen molar-refractivity contribution in [3.05, 3.63) is 12.1 Å². The lowest BCUT2D eigenvalue weighted by Crippen LogP contribution is -2.59. The number of hydrogen-bond acceptors (Lipinski definition) is 12. The Morgan fingerprint density at radius 1 is 0.373 bits per heavy atom. The highest BCUT2D eigenvalue weighted by atomic mass is 16.3. The van der Waals surface area contributed by atoms with E-state index in [0.29, 0.717) is 6.54 Å². The van der Waals surface area contributed by atoms with E-state index < -0.39 is 102 Å². The van der Waals surface area contributed by atoms with E-state index in [2.05, 4.69) is 0 Å². The van der Waals surface area contributed by atoms with E-state index >= 15 is 0 Å². The normalized spacial score (nSPS) is 15.3. The SMILES string of the molecule is CCN(C)C(=O)[C@H](C)CN(C)C(O)=CN(C)C(=O)[C@@H](C)N(C)C(=O)C(C)N(C)C(=O)[C@@H](C)N(C)C(=O)[C@@H](C)N(C)C(=O)[C@@H](C)N(C)C(=O)[C@H](C)N(C)C(=O)[C@@H](C)N(C)C(=O)[C@@H](C)N(C)C(C)=O. The molecule has 0 saturated carbocycles. The lowest BCUT2D eigenvalue weighted by atomic mass is 10.1. The highest BCUT2D eigenvalue weighted by molar-refractivity contribution is 5.97. The zero-order valence-corrected chi connectivity index (χ0v) is 44.1. The molecule has 0 bridgehead atoms. The lowest BCUT2D eigenvalue weighted by molar-refractivity contribution is -0.155. The Bertz CT molecular complexity index is 1860. The Hall–Kier alpha value is -5.96. The van der Waals surface area contributed by atoms with E-state index in [1.54, 1.807) is 32.8 Å². The third-order valence-electron chi connectivity index (χ3n) is 13.3. The second-order valence-corrected chi connectivity index (χ2v) is 17.8. The third-order valence-corrected chi connectivity index (χ3v) is 13.3. The van der Waals surface area contributed by atoms with Gasteiger partial charge in [0.25, 0.3) is 0 Å². The highest BCUT2D eigenvalue weighted by Gasteiger charge is 2.39. The van der Waals surface area contributed by atoms with Gasteiger partial charge in [0, 0.05) is 97.5 Å². The van der Waals surface area contributed by atoms with Crippen LogP contribution in [0.25, 0.3) is 0 Å². The zero-order valence-electron chi connectivity index (χ0n) is 44.1. The molecule has 0 aromatic heterocycles. The van der Waals surface area contributed by atoms with Gasteiger partial charge in [0.1, 0.15) is 48.3 Å². The van der Waals surface area contributed by atoms with E-state index in [9.17, 15) is 53.1 Å². The summed E-state index contributed by atoms with van der Waals surface area (Å²) in [5.41, 5.74) is 0. The van der Waals surface area contributed by atoms with Gasteiger partial charge in [0.05, 0.1) is 12.1 Å². The van der Waals surface area contributed by atoms with Crippen molar-refractivity contribution >= 4 is 59.1 Å². The van der Waals surface area contributed by atoms with Gasteiger partial charge in [-0.1, -0.05) is 6.92 Å². The Kier molecular flexibility index (Phi) is 23.5. The van der Waals surface area contributed by atoms with E-state index in [1.165, 1.54) is 150 Å². The average Bonchev–Trinajstić information content (AvgIpc) is 3.31. The van der Waals surface area contributed by atoms with E-state index in [-0.39, 0.29) is 24.2 Å². The van der Waals surface area contributed by atoms with Gasteiger partial charge in [0.2, 0.25) is 65.0 Å². The van der Waals surface area contributed by atoms with Crippen molar-refractivity contribution in [3.8, 4) is 0 Å². The molecule has 382 valence electrons. The maximum Gasteiger partial charge on any atom is 0.248 e. The van der Waals surface area contributed by atoms with Crippen LogP contribution >= 0.6 is 0 Å². The van der Waals surface area contributed by atoms with Crippen molar-refractivity contribution in [2.45, 2.75) is 124 Å². The van der Waals surface area contributed by atoms with Crippen LogP contribution < -0.4 is 0 Å². The number of aliphatic hydroxyl groups is 1. The fraction of sp³-hybridized carbons (Fsp3) is 0.733. The molecule has 10 amide bonds. The molecule has 0 fully saturated rings. The minimum atomic E-state index is -1.11. The van der Waals surface area contributed by atoms with Crippen LogP contribution in [0.1, 0.15) is 76.2 Å². The Morgan fingerprint density at radius 3 is 0.821 bits per heavy atom. The minimum Gasteiger partial charge on any atom is -0.494 e. The fourth-order valence-electron chi connectivity index (χ4n) is 6.74. The molecule has 22 nitrogen and oxygen atoms in total. The highest BCUT2D eigenvalue weighted by Crippen LogP contribution is 2.16. The van der Waals surface area contributed by atoms with Crippen LogP contribution in [0.3, 0.4) is 0 Å². The van der Waals surface area contributed by atoms with Crippen molar-refractivity contribution in [2.75, 3.05) is 90.6 Å². The van der Waals surface area contributed by atoms with Crippen LogP contribution in [0.4, 0.5) is 0 Å². The molecule has 1 N–H and O–H groups in total. The summed E-state index contributed by atoms with van der Waals surface area (Å²) in [5, 5.41) is 10.7. The van der Waals surface area contributed by atoms with Crippen LogP contribution in [0.2, 0.25) is 0 Å². The van der Waals surface area contributed by atoms with E-state index in [4.69, 9.17) is 0 Å². The molecule has 67 heavy (non-hydrogen) atoms. The van der Waals surface area contributed by atoms with Gasteiger partial charge in [0.15, 0.2) is 0 Å². The van der Waals surface area contributed by atoms with E-state index in [1.807, 2.05) is 6.92 Å². The van der Waals surface area contributed by atoms with Gasteiger partial charge in [-0.2, -0.15) is 0 Å². The summed E-state index contributed by atoms with van der Waals surface area (Å²) in [6.45, 7) is 17.5. The molecule has 0 aliphatic rings. The standard InChI is InChI=1S/C45H81N11O11/c1-23-46(12)37(59)26(2)24-47(13)36(58)25-48(14)38(60)27(3)50(16)40(62)29(5)52(18)42(64)31(7)54(20)44(66)33(9)56(22)45(67)34(10)55(21)43(65)32(8)53(19)41(63)30(6)51(17)39(61)28(4)49(15)35(11)57/h25-34,58H,23-24H2,1-22H3/t26-,27-,28-,29?,30-,31-,32+,33-,34-/m1/s1. The Labute approximate surface area is 398 Å². The van der Waals surface area contributed by atoms with Crippen LogP contribution in [-0.2, 0) is 47.9 Å². The summed E-state index contributed by atoms with van der Waals surface area (Å²) >= 11 is 0. The quantitative estimate of drug-likeness (QED) is 0.138. The number of aliphatic hydroxyl groups excluding tert-OH is 1.